The van der Waals surface area contributed by atoms with Gasteiger partial charge in [0.05, 0.1) is 17.1 Å². The fraction of sp³-hybridized carbons (Fsp3) is 0.391. The van der Waals surface area contributed by atoms with Crippen molar-refractivity contribution in [1.29, 1.82) is 0 Å². The van der Waals surface area contributed by atoms with Crippen LogP contribution in [0.1, 0.15) is 53.8 Å². The maximum Gasteiger partial charge on any atom is 0.338 e. The van der Waals surface area contributed by atoms with Gasteiger partial charge in [0.1, 0.15) is 5.75 Å². The number of carbonyl (C=O) groups excluding carboxylic acids is 2. The SMILES string of the molecule is CCOc1ccc(C(=O)[C@H](C)OC(=O)c2cccc(S(=O)(=O)N3CCCCC3)c2)cc1. The second kappa shape index (κ2) is 10.1. The molecule has 166 valence electrons. The van der Waals surface area contributed by atoms with Crippen LogP contribution >= 0.6 is 0 Å². The van der Waals surface area contributed by atoms with Crippen molar-refractivity contribution in [1.82, 2.24) is 4.31 Å². The van der Waals surface area contributed by atoms with Gasteiger partial charge >= 0.3 is 5.97 Å². The predicted octanol–water partition coefficient (Wildman–Crippen LogP) is 3.69. The Bertz CT molecular complexity index is 1030. The lowest BCUT2D eigenvalue weighted by atomic mass is 10.1. The lowest BCUT2D eigenvalue weighted by molar-refractivity contribution is 0.0318. The Morgan fingerprint density at radius 3 is 2.32 bits per heavy atom. The molecule has 1 aliphatic heterocycles. The maximum absolute atomic E-state index is 12.9. The van der Waals surface area contributed by atoms with E-state index in [9.17, 15) is 18.0 Å². The molecule has 3 rings (SSSR count). The zero-order chi connectivity index (χ0) is 22.4. The Balaban J connectivity index is 1.70. The van der Waals surface area contributed by atoms with Gasteiger partial charge in [-0.25, -0.2) is 13.2 Å². The number of piperidine rings is 1. The summed E-state index contributed by atoms with van der Waals surface area (Å²) in [6.07, 6.45) is 1.64. The molecule has 1 atom stereocenters. The highest BCUT2D eigenvalue weighted by atomic mass is 32.2. The summed E-state index contributed by atoms with van der Waals surface area (Å²) in [6, 6.07) is 12.3. The van der Waals surface area contributed by atoms with E-state index < -0.39 is 22.1 Å². The quantitative estimate of drug-likeness (QED) is 0.455. The highest BCUT2D eigenvalue weighted by Gasteiger charge is 2.27. The molecule has 0 spiro atoms. The van der Waals surface area contributed by atoms with Crippen LogP contribution in [0, 0.1) is 0 Å². The number of sulfonamides is 1. The molecule has 2 aromatic rings. The van der Waals surface area contributed by atoms with E-state index in [1.807, 2.05) is 6.92 Å². The summed E-state index contributed by atoms with van der Waals surface area (Å²) >= 11 is 0. The van der Waals surface area contributed by atoms with Crippen molar-refractivity contribution < 1.29 is 27.5 Å². The van der Waals surface area contributed by atoms with Gasteiger partial charge in [-0.3, -0.25) is 4.79 Å². The van der Waals surface area contributed by atoms with Gasteiger partial charge in [0.2, 0.25) is 15.8 Å². The van der Waals surface area contributed by atoms with Crippen molar-refractivity contribution in [3.05, 3.63) is 59.7 Å². The third kappa shape index (κ3) is 5.51. The first-order chi connectivity index (χ1) is 14.8. The zero-order valence-corrected chi connectivity index (χ0v) is 18.6. The Kier molecular flexibility index (Phi) is 7.46. The monoisotopic (exact) mass is 445 g/mol. The van der Waals surface area contributed by atoms with Crippen LogP contribution in [0.4, 0.5) is 0 Å². The fourth-order valence-electron chi connectivity index (χ4n) is 3.44. The molecule has 0 aromatic heterocycles. The second-order valence-electron chi connectivity index (χ2n) is 7.36. The largest absolute Gasteiger partial charge is 0.494 e. The molecule has 1 fully saturated rings. The molecule has 8 heteroatoms. The van der Waals surface area contributed by atoms with Crippen LogP contribution in [0.25, 0.3) is 0 Å². The van der Waals surface area contributed by atoms with Crippen molar-refractivity contribution in [2.45, 2.75) is 44.1 Å². The average molecular weight is 446 g/mol. The van der Waals surface area contributed by atoms with E-state index in [-0.39, 0.29) is 16.2 Å². The van der Waals surface area contributed by atoms with Gasteiger partial charge in [0.25, 0.3) is 0 Å². The molecule has 0 bridgehead atoms. The first-order valence-corrected chi connectivity index (χ1v) is 11.8. The highest BCUT2D eigenvalue weighted by Crippen LogP contribution is 2.22. The third-order valence-electron chi connectivity index (χ3n) is 5.13. The van der Waals surface area contributed by atoms with Gasteiger partial charge in [-0.2, -0.15) is 4.31 Å². The summed E-state index contributed by atoms with van der Waals surface area (Å²) in [5.41, 5.74) is 0.481. The molecule has 1 heterocycles. The molecule has 0 amide bonds. The minimum Gasteiger partial charge on any atom is -0.494 e. The standard InChI is InChI=1S/C23H27NO6S/c1-3-29-20-12-10-18(11-13-20)22(25)17(2)30-23(26)19-8-7-9-21(16-19)31(27,28)24-14-5-4-6-15-24/h7-13,16-17H,3-6,14-15H2,1-2H3/t17-/m0/s1. The molecular weight excluding hydrogens is 418 g/mol. The zero-order valence-electron chi connectivity index (χ0n) is 17.7. The predicted molar refractivity (Wildman–Crippen MR) is 116 cm³/mol. The van der Waals surface area contributed by atoms with Crippen molar-refractivity contribution >= 4 is 21.8 Å². The molecule has 0 N–H and O–H groups in total. The Hall–Kier alpha value is -2.71. The minimum atomic E-state index is -3.67. The van der Waals surface area contributed by atoms with E-state index in [0.29, 0.717) is 31.0 Å². The first-order valence-electron chi connectivity index (χ1n) is 10.4. The second-order valence-corrected chi connectivity index (χ2v) is 9.30. The summed E-state index contributed by atoms with van der Waals surface area (Å²) in [5.74, 6) is -0.452. The lowest BCUT2D eigenvalue weighted by Gasteiger charge is -2.26. The van der Waals surface area contributed by atoms with Gasteiger partial charge in [-0.15, -0.1) is 0 Å². The number of hydrogen-bond donors (Lipinski definition) is 0. The van der Waals surface area contributed by atoms with E-state index in [0.717, 1.165) is 19.3 Å². The maximum atomic E-state index is 12.9. The van der Waals surface area contributed by atoms with Crippen molar-refractivity contribution in [2.24, 2.45) is 0 Å². The summed E-state index contributed by atoms with van der Waals surface area (Å²) in [5, 5.41) is 0. The molecule has 1 saturated heterocycles. The fourth-order valence-corrected chi connectivity index (χ4v) is 5.00. The number of rotatable bonds is 8. The van der Waals surface area contributed by atoms with Gasteiger partial charge in [0.15, 0.2) is 6.10 Å². The molecule has 1 aliphatic rings. The van der Waals surface area contributed by atoms with Gasteiger partial charge in [0, 0.05) is 18.7 Å². The molecule has 0 saturated carbocycles. The summed E-state index contributed by atoms with van der Waals surface area (Å²) in [6.45, 7) is 4.83. The van der Waals surface area contributed by atoms with Crippen LogP contribution in [-0.4, -0.2) is 50.3 Å². The van der Waals surface area contributed by atoms with Crippen molar-refractivity contribution in [2.75, 3.05) is 19.7 Å². The normalized spacial score (nSPS) is 15.8. The van der Waals surface area contributed by atoms with Crippen LogP contribution in [0.5, 0.6) is 5.75 Å². The smallest absolute Gasteiger partial charge is 0.338 e. The number of ether oxygens (including phenoxy) is 2. The number of hydrogen-bond acceptors (Lipinski definition) is 6. The first kappa shape index (κ1) is 23.0. The van der Waals surface area contributed by atoms with E-state index in [2.05, 4.69) is 0 Å². The summed E-state index contributed by atoms with van der Waals surface area (Å²) in [7, 11) is -3.67. The lowest BCUT2D eigenvalue weighted by Crippen LogP contribution is -2.35. The number of benzene rings is 2. The van der Waals surface area contributed by atoms with Crippen LogP contribution in [0.2, 0.25) is 0 Å². The number of esters is 1. The Morgan fingerprint density at radius 2 is 1.68 bits per heavy atom. The van der Waals surface area contributed by atoms with E-state index >= 15 is 0 Å². The molecule has 31 heavy (non-hydrogen) atoms. The van der Waals surface area contributed by atoms with Crippen LogP contribution in [0.3, 0.4) is 0 Å². The molecule has 0 aliphatic carbocycles. The summed E-state index contributed by atoms with van der Waals surface area (Å²) in [4.78, 5) is 25.2. The Labute approximate surface area is 183 Å². The van der Waals surface area contributed by atoms with E-state index in [4.69, 9.17) is 9.47 Å². The van der Waals surface area contributed by atoms with E-state index in [1.54, 1.807) is 24.3 Å². The average Bonchev–Trinajstić information content (AvgIpc) is 2.80. The number of nitrogens with zero attached hydrogens (tertiary/aromatic N) is 1. The summed E-state index contributed by atoms with van der Waals surface area (Å²) < 4.78 is 37.8. The third-order valence-corrected chi connectivity index (χ3v) is 7.02. The van der Waals surface area contributed by atoms with Crippen molar-refractivity contribution in [3.63, 3.8) is 0 Å². The van der Waals surface area contributed by atoms with E-state index in [1.165, 1.54) is 35.5 Å². The molecule has 2 aromatic carbocycles. The Morgan fingerprint density at radius 1 is 1.00 bits per heavy atom. The minimum absolute atomic E-state index is 0.0503. The molecule has 7 nitrogen and oxygen atoms in total. The molecular formula is C23H27NO6S. The van der Waals surface area contributed by atoms with Gasteiger partial charge in [-0.1, -0.05) is 12.5 Å². The van der Waals surface area contributed by atoms with Gasteiger partial charge in [-0.05, 0) is 69.2 Å². The highest BCUT2D eigenvalue weighted by molar-refractivity contribution is 7.89. The van der Waals surface area contributed by atoms with Crippen molar-refractivity contribution in [3.8, 4) is 5.75 Å². The number of Topliss-reactive ketones (excluding diaryl/α,β-unsaturated/α-hetero) is 1. The topological polar surface area (TPSA) is 90.0 Å². The number of ketones is 1. The number of carbonyl (C=O) groups is 2. The molecule has 0 radical (unpaired) electrons. The van der Waals surface area contributed by atoms with Gasteiger partial charge < -0.3 is 9.47 Å². The van der Waals surface area contributed by atoms with Crippen LogP contribution in [-0.2, 0) is 14.8 Å². The van der Waals surface area contributed by atoms with Crippen LogP contribution < -0.4 is 4.74 Å². The van der Waals surface area contributed by atoms with Crippen LogP contribution in [0.15, 0.2) is 53.4 Å². The molecule has 0 unspecified atom stereocenters.